The second-order valence-electron chi connectivity index (χ2n) is 4.46. The lowest BCUT2D eigenvalue weighted by molar-refractivity contribution is -0.0924. The van der Waals surface area contributed by atoms with Crippen LogP contribution >= 0.6 is 0 Å². The van der Waals surface area contributed by atoms with E-state index in [0.29, 0.717) is 0 Å². The minimum Gasteiger partial charge on any atom is -0.384 e. The maximum absolute atomic E-state index is 13.1. The fraction of sp³-hybridized carbons (Fsp3) is 0.417. The van der Waals surface area contributed by atoms with Crippen LogP contribution in [0.25, 0.3) is 0 Å². The van der Waals surface area contributed by atoms with Gasteiger partial charge in [-0.05, 0) is 18.2 Å². The Hall–Kier alpha value is -1.60. The van der Waals surface area contributed by atoms with Crippen LogP contribution < -0.4 is 5.32 Å². The van der Waals surface area contributed by atoms with Gasteiger partial charge in [-0.15, -0.1) is 0 Å². The van der Waals surface area contributed by atoms with E-state index < -0.39 is 5.82 Å². The van der Waals surface area contributed by atoms with Crippen molar-refractivity contribution >= 4 is 5.69 Å². The van der Waals surface area contributed by atoms with Crippen LogP contribution in [-0.4, -0.2) is 19.8 Å². The van der Waals surface area contributed by atoms with Crippen LogP contribution in [-0.2, 0) is 4.74 Å². The third-order valence-corrected chi connectivity index (χ3v) is 2.71. The summed E-state index contributed by atoms with van der Waals surface area (Å²) in [6.45, 7) is 4.38. The highest BCUT2D eigenvalue weighted by molar-refractivity contribution is 5.50. The van der Waals surface area contributed by atoms with E-state index in [-0.39, 0.29) is 11.0 Å². The molecule has 0 atom stereocenters. The van der Waals surface area contributed by atoms with Crippen LogP contribution in [0.2, 0.25) is 0 Å². The number of anilines is 1. The highest BCUT2D eigenvalue weighted by Crippen LogP contribution is 2.27. The van der Waals surface area contributed by atoms with Gasteiger partial charge in [-0.25, -0.2) is 4.39 Å². The quantitative estimate of drug-likeness (QED) is 0.848. The first-order valence-electron chi connectivity index (χ1n) is 5.14. The van der Waals surface area contributed by atoms with Crippen molar-refractivity contribution in [2.45, 2.75) is 6.92 Å². The number of hydrogen-bond donors (Lipinski definition) is 1. The average molecular weight is 220 g/mol. The molecule has 1 fully saturated rings. The van der Waals surface area contributed by atoms with Gasteiger partial charge in [-0.2, -0.15) is 5.26 Å². The molecule has 84 valence electrons. The fourth-order valence-electron chi connectivity index (χ4n) is 1.59. The van der Waals surface area contributed by atoms with Crippen molar-refractivity contribution in [2.24, 2.45) is 5.41 Å². The molecule has 1 aromatic carbocycles. The highest BCUT2D eigenvalue weighted by atomic mass is 19.1. The second-order valence-corrected chi connectivity index (χ2v) is 4.46. The minimum atomic E-state index is -0.480. The number of hydrogen-bond acceptors (Lipinski definition) is 3. The van der Waals surface area contributed by atoms with E-state index in [4.69, 9.17) is 10.00 Å². The zero-order chi connectivity index (χ0) is 11.6. The van der Waals surface area contributed by atoms with Crippen LogP contribution in [0.15, 0.2) is 18.2 Å². The molecule has 1 heterocycles. The van der Waals surface area contributed by atoms with Crippen LogP contribution in [0.3, 0.4) is 0 Å². The smallest absolute Gasteiger partial charge is 0.141 e. The number of ether oxygens (including phenoxy) is 1. The van der Waals surface area contributed by atoms with Gasteiger partial charge in [0.1, 0.15) is 11.9 Å². The van der Waals surface area contributed by atoms with Crippen LogP contribution in [0.1, 0.15) is 12.5 Å². The largest absolute Gasteiger partial charge is 0.384 e. The summed E-state index contributed by atoms with van der Waals surface area (Å²) < 4.78 is 18.2. The monoisotopic (exact) mass is 220 g/mol. The van der Waals surface area contributed by atoms with Gasteiger partial charge in [0, 0.05) is 17.6 Å². The van der Waals surface area contributed by atoms with Gasteiger partial charge < -0.3 is 10.1 Å². The molecule has 0 unspecified atom stereocenters. The molecular formula is C12H13FN2O. The van der Waals surface area contributed by atoms with Gasteiger partial charge in [-0.3, -0.25) is 0 Å². The normalized spacial score (nSPS) is 17.3. The molecule has 0 radical (unpaired) electrons. The molecule has 0 bridgehead atoms. The first-order chi connectivity index (χ1) is 7.63. The minimum absolute atomic E-state index is 0.0695. The fourth-order valence-corrected chi connectivity index (χ4v) is 1.59. The van der Waals surface area contributed by atoms with Crippen LogP contribution in [0.4, 0.5) is 10.1 Å². The van der Waals surface area contributed by atoms with Crippen molar-refractivity contribution in [3.8, 4) is 6.07 Å². The SMILES string of the molecule is CC1(CNc2ccc(F)c(C#N)c2)COC1. The van der Waals surface area contributed by atoms with E-state index >= 15 is 0 Å². The molecule has 3 nitrogen and oxygen atoms in total. The Balaban J connectivity index is 2.02. The molecule has 2 rings (SSSR count). The first kappa shape index (κ1) is 10.9. The molecule has 1 aliphatic rings. The highest BCUT2D eigenvalue weighted by Gasteiger charge is 2.32. The van der Waals surface area contributed by atoms with Crippen molar-refractivity contribution < 1.29 is 9.13 Å². The molecular weight excluding hydrogens is 207 g/mol. The van der Waals surface area contributed by atoms with Gasteiger partial charge in [0.15, 0.2) is 0 Å². The van der Waals surface area contributed by atoms with E-state index in [1.807, 2.05) is 6.07 Å². The molecule has 0 aliphatic carbocycles. The standard InChI is InChI=1S/C12H13FN2O/c1-12(7-16-8-12)6-15-10-2-3-11(13)9(4-10)5-14/h2-4,15H,6-8H2,1H3. The summed E-state index contributed by atoms with van der Waals surface area (Å²) in [5.74, 6) is -0.480. The summed E-state index contributed by atoms with van der Waals surface area (Å²) in [6.07, 6.45) is 0. The number of nitriles is 1. The van der Waals surface area contributed by atoms with Crippen molar-refractivity contribution in [3.63, 3.8) is 0 Å². The molecule has 1 aromatic rings. The average Bonchev–Trinajstić information content (AvgIpc) is 2.25. The lowest BCUT2D eigenvalue weighted by Gasteiger charge is -2.38. The number of halogens is 1. The number of nitrogens with zero attached hydrogens (tertiary/aromatic N) is 1. The maximum Gasteiger partial charge on any atom is 0.141 e. The molecule has 1 N–H and O–H groups in total. The summed E-state index contributed by atoms with van der Waals surface area (Å²) in [5, 5.41) is 11.9. The van der Waals surface area contributed by atoms with Crippen molar-refractivity contribution in [1.29, 1.82) is 5.26 Å². The second kappa shape index (κ2) is 4.11. The summed E-state index contributed by atoms with van der Waals surface area (Å²) in [5.41, 5.74) is 0.993. The zero-order valence-electron chi connectivity index (χ0n) is 9.09. The van der Waals surface area contributed by atoms with E-state index in [9.17, 15) is 4.39 Å². The first-order valence-corrected chi connectivity index (χ1v) is 5.14. The number of benzene rings is 1. The summed E-state index contributed by atoms with van der Waals surface area (Å²) in [6, 6.07) is 6.29. The third kappa shape index (κ3) is 2.15. The predicted molar refractivity (Wildman–Crippen MR) is 58.5 cm³/mol. The molecule has 0 aromatic heterocycles. The Kier molecular flexibility index (Phi) is 2.80. The van der Waals surface area contributed by atoms with Crippen molar-refractivity contribution in [1.82, 2.24) is 0 Å². The van der Waals surface area contributed by atoms with Gasteiger partial charge in [-0.1, -0.05) is 6.92 Å². The molecule has 16 heavy (non-hydrogen) atoms. The van der Waals surface area contributed by atoms with E-state index in [1.54, 1.807) is 6.07 Å². The Bertz CT molecular complexity index is 435. The molecule has 0 spiro atoms. The van der Waals surface area contributed by atoms with E-state index in [1.165, 1.54) is 12.1 Å². The lowest BCUT2D eigenvalue weighted by atomic mass is 9.88. The van der Waals surface area contributed by atoms with E-state index in [2.05, 4.69) is 12.2 Å². The lowest BCUT2D eigenvalue weighted by Crippen LogP contribution is -2.45. The Morgan fingerprint density at radius 1 is 1.56 bits per heavy atom. The maximum atomic E-state index is 13.1. The Morgan fingerprint density at radius 2 is 2.31 bits per heavy atom. The van der Waals surface area contributed by atoms with Crippen molar-refractivity contribution in [2.75, 3.05) is 25.1 Å². The molecule has 1 saturated heterocycles. The zero-order valence-corrected chi connectivity index (χ0v) is 9.09. The number of rotatable bonds is 3. The van der Waals surface area contributed by atoms with Crippen LogP contribution in [0, 0.1) is 22.6 Å². The third-order valence-electron chi connectivity index (χ3n) is 2.71. The van der Waals surface area contributed by atoms with E-state index in [0.717, 1.165) is 25.4 Å². The van der Waals surface area contributed by atoms with Crippen molar-refractivity contribution in [3.05, 3.63) is 29.6 Å². The topological polar surface area (TPSA) is 45.0 Å². The number of nitrogens with one attached hydrogen (secondary N) is 1. The molecule has 4 heteroatoms. The molecule has 0 amide bonds. The Morgan fingerprint density at radius 3 is 2.88 bits per heavy atom. The summed E-state index contributed by atoms with van der Waals surface area (Å²) >= 11 is 0. The van der Waals surface area contributed by atoms with Gasteiger partial charge in [0.25, 0.3) is 0 Å². The molecule has 0 saturated carbocycles. The van der Waals surface area contributed by atoms with Gasteiger partial charge in [0.2, 0.25) is 0 Å². The molecule has 1 aliphatic heterocycles. The van der Waals surface area contributed by atoms with Gasteiger partial charge in [0.05, 0.1) is 18.8 Å². The predicted octanol–water partition coefficient (Wildman–Crippen LogP) is 2.15. The summed E-state index contributed by atoms with van der Waals surface area (Å²) in [4.78, 5) is 0. The van der Waals surface area contributed by atoms with Gasteiger partial charge >= 0.3 is 0 Å². The van der Waals surface area contributed by atoms with Crippen LogP contribution in [0.5, 0.6) is 0 Å². The summed E-state index contributed by atoms with van der Waals surface area (Å²) in [7, 11) is 0. The Labute approximate surface area is 93.8 Å².